The van der Waals surface area contributed by atoms with Crippen molar-refractivity contribution in [1.29, 1.82) is 0 Å². The van der Waals surface area contributed by atoms with E-state index in [2.05, 4.69) is 20.5 Å². The standard InChI is InChI=1S/C14H21ClN4O2/c1-16-13-9-11(12(15)10-18-13)14(20)17-3-2-4-19-5-7-21-8-6-19/h9-10H,2-8H2,1H3,(H,16,18)(H,17,20). The van der Waals surface area contributed by atoms with E-state index >= 15 is 0 Å². The Bertz CT molecular complexity index is 478. The van der Waals surface area contributed by atoms with E-state index in [1.807, 2.05) is 0 Å². The topological polar surface area (TPSA) is 66.5 Å². The molecular formula is C14H21ClN4O2. The zero-order valence-electron chi connectivity index (χ0n) is 12.2. The number of halogens is 1. The number of nitrogens with one attached hydrogen (secondary N) is 2. The lowest BCUT2D eigenvalue weighted by molar-refractivity contribution is 0.0374. The van der Waals surface area contributed by atoms with Crippen LogP contribution in [0.1, 0.15) is 16.8 Å². The van der Waals surface area contributed by atoms with Gasteiger partial charge in [-0.05, 0) is 19.0 Å². The number of anilines is 1. The molecule has 6 nitrogen and oxygen atoms in total. The van der Waals surface area contributed by atoms with Crippen molar-refractivity contribution >= 4 is 23.3 Å². The Morgan fingerprint density at radius 2 is 2.24 bits per heavy atom. The van der Waals surface area contributed by atoms with E-state index in [0.29, 0.717) is 22.9 Å². The van der Waals surface area contributed by atoms with Gasteiger partial charge in [-0.1, -0.05) is 11.6 Å². The van der Waals surface area contributed by atoms with Gasteiger partial charge in [0, 0.05) is 32.9 Å². The van der Waals surface area contributed by atoms with Gasteiger partial charge in [0.1, 0.15) is 5.82 Å². The first-order valence-electron chi connectivity index (χ1n) is 7.12. The number of carbonyl (C=O) groups is 1. The second-order valence-corrected chi connectivity index (χ2v) is 5.27. The number of nitrogens with zero attached hydrogens (tertiary/aromatic N) is 2. The Hall–Kier alpha value is -1.37. The molecular weight excluding hydrogens is 292 g/mol. The highest BCUT2D eigenvalue weighted by atomic mass is 35.5. The largest absolute Gasteiger partial charge is 0.379 e. The van der Waals surface area contributed by atoms with Crippen LogP contribution < -0.4 is 10.6 Å². The smallest absolute Gasteiger partial charge is 0.252 e. The van der Waals surface area contributed by atoms with Crippen LogP contribution in [0.15, 0.2) is 12.3 Å². The highest BCUT2D eigenvalue weighted by molar-refractivity contribution is 6.33. The first-order chi connectivity index (χ1) is 10.2. The number of rotatable bonds is 6. The fraction of sp³-hybridized carbons (Fsp3) is 0.571. The first-order valence-corrected chi connectivity index (χ1v) is 7.50. The molecule has 1 aliphatic heterocycles. The van der Waals surface area contributed by atoms with Crippen molar-refractivity contribution in [3.8, 4) is 0 Å². The van der Waals surface area contributed by atoms with Crippen LogP contribution in [0.4, 0.5) is 5.82 Å². The Morgan fingerprint density at radius 1 is 1.48 bits per heavy atom. The number of morpholine rings is 1. The summed E-state index contributed by atoms with van der Waals surface area (Å²) in [6, 6.07) is 1.65. The number of aromatic nitrogens is 1. The number of amides is 1. The summed E-state index contributed by atoms with van der Waals surface area (Å²) in [6.45, 7) is 5.13. The quantitative estimate of drug-likeness (QED) is 0.773. The molecule has 1 aromatic heterocycles. The normalized spacial score (nSPS) is 15.7. The summed E-state index contributed by atoms with van der Waals surface area (Å²) in [7, 11) is 1.75. The van der Waals surface area contributed by atoms with Gasteiger partial charge in [0.2, 0.25) is 0 Å². The van der Waals surface area contributed by atoms with Gasteiger partial charge >= 0.3 is 0 Å². The Kier molecular flexibility index (Phi) is 6.22. The average molecular weight is 313 g/mol. The molecule has 7 heteroatoms. The summed E-state index contributed by atoms with van der Waals surface area (Å²) in [4.78, 5) is 18.5. The summed E-state index contributed by atoms with van der Waals surface area (Å²) < 4.78 is 5.30. The van der Waals surface area contributed by atoms with Crippen LogP contribution in [0.25, 0.3) is 0 Å². The molecule has 0 aromatic carbocycles. The fourth-order valence-corrected chi connectivity index (χ4v) is 2.36. The van der Waals surface area contributed by atoms with Gasteiger partial charge in [0.05, 0.1) is 23.8 Å². The van der Waals surface area contributed by atoms with Gasteiger partial charge in [0.15, 0.2) is 0 Å². The maximum absolute atomic E-state index is 12.1. The number of carbonyl (C=O) groups excluding carboxylic acids is 1. The van der Waals surface area contributed by atoms with Crippen LogP contribution in [0.5, 0.6) is 0 Å². The predicted molar refractivity (Wildman–Crippen MR) is 83.0 cm³/mol. The molecule has 1 amide bonds. The molecule has 21 heavy (non-hydrogen) atoms. The minimum Gasteiger partial charge on any atom is -0.379 e. The van der Waals surface area contributed by atoms with Gasteiger partial charge in [0.25, 0.3) is 5.91 Å². The van der Waals surface area contributed by atoms with E-state index in [1.165, 1.54) is 6.20 Å². The number of hydrogen-bond acceptors (Lipinski definition) is 5. The molecule has 2 rings (SSSR count). The molecule has 1 aliphatic rings. The van der Waals surface area contributed by atoms with E-state index in [9.17, 15) is 4.79 Å². The van der Waals surface area contributed by atoms with E-state index in [-0.39, 0.29) is 5.91 Å². The lowest BCUT2D eigenvalue weighted by Gasteiger charge is -2.26. The number of ether oxygens (including phenoxy) is 1. The summed E-state index contributed by atoms with van der Waals surface area (Å²) in [5.41, 5.74) is 0.447. The molecule has 0 saturated carbocycles. The first kappa shape index (κ1) is 16.0. The SMILES string of the molecule is CNc1cc(C(=O)NCCCN2CCOCC2)c(Cl)cn1. The molecule has 0 atom stereocenters. The van der Waals surface area contributed by atoms with Crippen LogP contribution >= 0.6 is 11.6 Å². The zero-order chi connectivity index (χ0) is 15.1. The van der Waals surface area contributed by atoms with Crippen LogP contribution in [-0.2, 0) is 4.74 Å². The van der Waals surface area contributed by atoms with Gasteiger partial charge in [-0.15, -0.1) is 0 Å². The van der Waals surface area contributed by atoms with Crippen molar-refractivity contribution in [2.45, 2.75) is 6.42 Å². The van der Waals surface area contributed by atoms with E-state index in [4.69, 9.17) is 16.3 Å². The summed E-state index contributed by atoms with van der Waals surface area (Å²) in [5.74, 6) is 0.457. The third-order valence-corrected chi connectivity index (χ3v) is 3.70. The van der Waals surface area contributed by atoms with E-state index in [0.717, 1.165) is 39.3 Å². The van der Waals surface area contributed by atoms with Crippen molar-refractivity contribution in [3.63, 3.8) is 0 Å². The highest BCUT2D eigenvalue weighted by Crippen LogP contribution is 2.17. The molecule has 1 aromatic rings. The third kappa shape index (κ3) is 4.84. The maximum atomic E-state index is 12.1. The monoisotopic (exact) mass is 312 g/mol. The van der Waals surface area contributed by atoms with E-state index < -0.39 is 0 Å². The minimum atomic E-state index is -0.166. The van der Waals surface area contributed by atoms with Gasteiger partial charge < -0.3 is 15.4 Å². The molecule has 0 aliphatic carbocycles. The fourth-order valence-electron chi connectivity index (χ4n) is 2.17. The molecule has 2 heterocycles. The van der Waals surface area contributed by atoms with Crippen LogP contribution in [0.3, 0.4) is 0 Å². The lowest BCUT2D eigenvalue weighted by Crippen LogP contribution is -2.38. The van der Waals surface area contributed by atoms with Crippen LogP contribution in [-0.4, -0.2) is 62.2 Å². The number of hydrogen-bond donors (Lipinski definition) is 2. The second-order valence-electron chi connectivity index (χ2n) is 4.86. The van der Waals surface area contributed by atoms with Crippen molar-refractivity contribution in [2.75, 3.05) is 51.8 Å². The maximum Gasteiger partial charge on any atom is 0.252 e. The zero-order valence-corrected chi connectivity index (χ0v) is 12.9. The Balaban J connectivity index is 1.76. The van der Waals surface area contributed by atoms with Gasteiger partial charge in [-0.2, -0.15) is 0 Å². The molecule has 1 saturated heterocycles. The van der Waals surface area contributed by atoms with Gasteiger partial charge in [-0.25, -0.2) is 4.98 Å². The number of pyridine rings is 1. The Labute approximate surface area is 129 Å². The van der Waals surface area contributed by atoms with Crippen LogP contribution in [0, 0.1) is 0 Å². The molecule has 0 radical (unpaired) electrons. The lowest BCUT2D eigenvalue weighted by atomic mass is 10.2. The van der Waals surface area contributed by atoms with Crippen molar-refractivity contribution in [1.82, 2.24) is 15.2 Å². The summed E-state index contributed by atoms with van der Waals surface area (Å²) in [6.07, 6.45) is 2.39. The third-order valence-electron chi connectivity index (χ3n) is 3.40. The van der Waals surface area contributed by atoms with Gasteiger partial charge in [-0.3, -0.25) is 9.69 Å². The minimum absolute atomic E-state index is 0.166. The summed E-state index contributed by atoms with van der Waals surface area (Å²) >= 11 is 6.01. The van der Waals surface area contributed by atoms with Crippen molar-refractivity contribution < 1.29 is 9.53 Å². The van der Waals surface area contributed by atoms with Crippen molar-refractivity contribution in [2.24, 2.45) is 0 Å². The van der Waals surface area contributed by atoms with Crippen molar-refractivity contribution in [3.05, 3.63) is 22.8 Å². The molecule has 0 bridgehead atoms. The molecule has 0 unspecified atom stereocenters. The average Bonchev–Trinajstić information content (AvgIpc) is 2.53. The molecule has 0 spiro atoms. The highest BCUT2D eigenvalue weighted by Gasteiger charge is 2.12. The predicted octanol–water partition coefficient (Wildman–Crippen LogP) is 1.23. The van der Waals surface area contributed by atoms with Crippen LogP contribution in [0.2, 0.25) is 5.02 Å². The molecule has 1 fully saturated rings. The summed E-state index contributed by atoms with van der Waals surface area (Å²) in [5, 5.41) is 6.15. The molecule has 2 N–H and O–H groups in total. The Morgan fingerprint density at radius 3 is 2.95 bits per heavy atom. The second kappa shape index (κ2) is 8.17. The molecule has 116 valence electrons. The van der Waals surface area contributed by atoms with E-state index in [1.54, 1.807) is 13.1 Å².